The first-order chi connectivity index (χ1) is 12.9. The molecule has 146 valence electrons. The van der Waals surface area contributed by atoms with Crippen molar-refractivity contribution in [2.45, 2.75) is 39.9 Å². The van der Waals surface area contributed by atoms with Gasteiger partial charge in [0.2, 0.25) is 0 Å². The number of benzene rings is 2. The SMILES string of the molecule is Cc1cc(-c2cc(C)c(OCC3CO3)c(C)c2)cc(C)c1OCC(O)CO. The molecule has 27 heavy (non-hydrogen) atoms. The van der Waals surface area contributed by atoms with E-state index in [1.165, 1.54) is 0 Å². The van der Waals surface area contributed by atoms with E-state index in [9.17, 15) is 5.11 Å². The first kappa shape index (κ1) is 19.7. The lowest BCUT2D eigenvalue weighted by molar-refractivity contribution is 0.0532. The fourth-order valence-corrected chi connectivity index (χ4v) is 3.26. The van der Waals surface area contributed by atoms with Gasteiger partial charge in [-0.15, -0.1) is 0 Å². The number of aryl methyl sites for hydroxylation is 4. The van der Waals surface area contributed by atoms with Crippen molar-refractivity contribution in [2.75, 3.05) is 26.4 Å². The van der Waals surface area contributed by atoms with Crippen LogP contribution in [0.2, 0.25) is 0 Å². The molecule has 3 rings (SSSR count). The minimum atomic E-state index is -0.873. The second-order valence-corrected chi connectivity index (χ2v) is 7.29. The highest BCUT2D eigenvalue weighted by molar-refractivity contribution is 5.70. The van der Waals surface area contributed by atoms with Gasteiger partial charge in [0.15, 0.2) is 0 Å². The Morgan fingerprint density at radius 1 is 0.926 bits per heavy atom. The molecule has 0 bridgehead atoms. The third kappa shape index (κ3) is 4.80. The molecule has 0 radical (unpaired) electrons. The summed E-state index contributed by atoms with van der Waals surface area (Å²) in [5.41, 5.74) is 6.45. The van der Waals surface area contributed by atoms with Gasteiger partial charge in [-0.25, -0.2) is 0 Å². The highest BCUT2D eigenvalue weighted by atomic mass is 16.6. The Labute approximate surface area is 160 Å². The van der Waals surface area contributed by atoms with Crippen LogP contribution in [-0.2, 0) is 4.74 Å². The molecule has 1 aliphatic heterocycles. The summed E-state index contributed by atoms with van der Waals surface area (Å²) in [7, 11) is 0. The summed E-state index contributed by atoms with van der Waals surface area (Å²) >= 11 is 0. The molecule has 0 aliphatic carbocycles. The number of aliphatic hydroxyl groups excluding tert-OH is 2. The molecule has 2 aromatic rings. The van der Waals surface area contributed by atoms with Gasteiger partial charge in [0.1, 0.15) is 36.9 Å². The van der Waals surface area contributed by atoms with E-state index in [1.54, 1.807) is 0 Å². The molecule has 0 aromatic heterocycles. The molecule has 2 N–H and O–H groups in total. The monoisotopic (exact) mass is 372 g/mol. The molecular formula is C22H28O5. The zero-order valence-corrected chi connectivity index (χ0v) is 16.4. The lowest BCUT2D eigenvalue weighted by atomic mass is 9.96. The van der Waals surface area contributed by atoms with E-state index < -0.39 is 6.10 Å². The topological polar surface area (TPSA) is 71.5 Å². The summed E-state index contributed by atoms with van der Waals surface area (Å²) in [6, 6.07) is 8.45. The highest BCUT2D eigenvalue weighted by Crippen LogP contribution is 2.34. The molecule has 0 saturated carbocycles. The normalized spacial score (nSPS) is 16.9. The summed E-state index contributed by atoms with van der Waals surface area (Å²) in [5.74, 6) is 1.68. The van der Waals surface area contributed by atoms with Gasteiger partial charge in [-0.3, -0.25) is 0 Å². The molecule has 1 aliphatic rings. The number of ether oxygens (including phenoxy) is 3. The van der Waals surface area contributed by atoms with Crippen LogP contribution < -0.4 is 9.47 Å². The summed E-state index contributed by atoms with van der Waals surface area (Å²) in [6.07, 6.45) is -0.631. The lowest BCUT2D eigenvalue weighted by Gasteiger charge is -2.17. The summed E-state index contributed by atoms with van der Waals surface area (Å²) in [6.45, 7) is 9.26. The van der Waals surface area contributed by atoms with E-state index >= 15 is 0 Å². The average Bonchev–Trinajstić information content (AvgIpc) is 3.44. The zero-order valence-electron chi connectivity index (χ0n) is 16.4. The minimum absolute atomic E-state index is 0.0759. The fourth-order valence-electron chi connectivity index (χ4n) is 3.26. The number of aliphatic hydroxyl groups is 2. The largest absolute Gasteiger partial charge is 0.490 e. The van der Waals surface area contributed by atoms with E-state index in [-0.39, 0.29) is 19.3 Å². The van der Waals surface area contributed by atoms with Crippen LogP contribution in [0, 0.1) is 27.7 Å². The average molecular weight is 372 g/mol. The molecule has 5 nitrogen and oxygen atoms in total. The van der Waals surface area contributed by atoms with Gasteiger partial charge < -0.3 is 24.4 Å². The van der Waals surface area contributed by atoms with Crippen LogP contribution >= 0.6 is 0 Å². The Morgan fingerprint density at radius 2 is 1.37 bits per heavy atom. The van der Waals surface area contributed by atoms with Crippen LogP contribution in [0.5, 0.6) is 11.5 Å². The highest BCUT2D eigenvalue weighted by Gasteiger charge is 2.24. The molecule has 1 heterocycles. The second-order valence-electron chi connectivity index (χ2n) is 7.29. The molecule has 2 atom stereocenters. The van der Waals surface area contributed by atoms with Crippen LogP contribution in [0.4, 0.5) is 0 Å². The maximum absolute atomic E-state index is 9.51. The number of epoxide rings is 1. The van der Waals surface area contributed by atoms with Crippen molar-refractivity contribution in [2.24, 2.45) is 0 Å². The molecule has 2 aromatic carbocycles. The number of hydrogen-bond acceptors (Lipinski definition) is 5. The smallest absolute Gasteiger partial charge is 0.125 e. The standard InChI is InChI=1S/C22H28O5/c1-13-5-17(6-14(2)21(13)26-10-19(24)9-23)18-7-15(3)22(16(4)8-18)27-12-20-11-25-20/h5-8,19-20,23-24H,9-12H2,1-4H3. The van der Waals surface area contributed by atoms with Gasteiger partial charge in [-0.1, -0.05) is 0 Å². The van der Waals surface area contributed by atoms with Crippen LogP contribution in [0.25, 0.3) is 11.1 Å². The number of rotatable bonds is 8. The van der Waals surface area contributed by atoms with Gasteiger partial charge >= 0.3 is 0 Å². The van der Waals surface area contributed by atoms with Gasteiger partial charge in [-0.05, 0) is 85.3 Å². The van der Waals surface area contributed by atoms with Crippen molar-refractivity contribution in [3.05, 3.63) is 46.5 Å². The fraction of sp³-hybridized carbons (Fsp3) is 0.455. The van der Waals surface area contributed by atoms with Crippen LogP contribution in [0.1, 0.15) is 22.3 Å². The van der Waals surface area contributed by atoms with E-state index in [1.807, 2.05) is 13.8 Å². The van der Waals surface area contributed by atoms with Gasteiger partial charge in [0.05, 0.1) is 13.2 Å². The van der Waals surface area contributed by atoms with E-state index in [2.05, 4.69) is 38.1 Å². The van der Waals surface area contributed by atoms with Crippen molar-refractivity contribution in [3.63, 3.8) is 0 Å². The molecular weight excluding hydrogens is 344 g/mol. The minimum Gasteiger partial charge on any atom is -0.490 e. The Bertz CT molecular complexity index is 764. The molecule has 5 heteroatoms. The van der Waals surface area contributed by atoms with Crippen LogP contribution in [-0.4, -0.2) is 48.8 Å². The Morgan fingerprint density at radius 3 is 1.78 bits per heavy atom. The first-order valence-electron chi connectivity index (χ1n) is 9.28. The van der Waals surface area contributed by atoms with Crippen molar-refractivity contribution >= 4 is 0 Å². The summed E-state index contributed by atoms with van der Waals surface area (Å²) in [4.78, 5) is 0. The molecule has 2 unspecified atom stereocenters. The van der Waals surface area contributed by atoms with Gasteiger partial charge in [0.25, 0.3) is 0 Å². The molecule has 1 fully saturated rings. The first-order valence-corrected chi connectivity index (χ1v) is 9.28. The third-order valence-corrected chi connectivity index (χ3v) is 4.70. The predicted octanol–water partition coefficient (Wildman–Crippen LogP) is 3.10. The second kappa shape index (κ2) is 8.30. The van der Waals surface area contributed by atoms with Crippen LogP contribution in [0.15, 0.2) is 24.3 Å². The van der Waals surface area contributed by atoms with Crippen molar-refractivity contribution in [1.82, 2.24) is 0 Å². The van der Waals surface area contributed by atoms with Crippen molar-refractivity contribution in [3.8, 4) is 22.6 Å². The summed E-state index contributed by atoms with van der Waals surface area (Å²) < 4.78 is 16.8. The summed E-state index contributed by atoms with van der Waals surface area (Å²) in [5, 5.41) is 18.5. The lowest BCUT2D eigenvalue weighted by Crippen LogP contribution is -2.21. The predicted molar refractivity (Wildman–Crippen MR) is 105 cm³/mol. The van der Waals surface area contributed by atoms with Crippen molar-refractivity contribution < 1.29 is 24.4 Å². The van der Waals surface area contributed by atoms with Crippen LogP contribution in [0.3, 0.4) is 0 Å². The Balaban J connectivity index is 1.83. The quantitative estimate of drug-likeness (QED) is 0.697. The zero-order chi connectivity index (χ0) is 19.6. The molecule has 1 saturated heterocycles. The Hall–Kier alpha value is -2.08. The third-order valence-electron chi connectivity index (χ3n) is 4.70. The molecule has 0 spiro atoms. The van der Waals surface area contributed by atoms with E-state index in [4.69, 9.17) is 19.3 Å². The maximum Gasteiger partial charge on any atom is 0.125 e. The van der Waals surface area contributed by atoms with Gasteiger partial charge in [0, 0.05) is 0 Å². The van der Waals surface area contributed by atoms with Gasteiger partial charge in [-0.2, -0.15) is 0 Å². The van der Waals surface area contributed by atoms with Crippen molar-refractivity contribution in [1.29, 1.82) is 0 Å². The van der Waals surface area contributed by atoms with E-state index in [0.29, 0.717) is 6.61 Å². The maximum atomic E-state index is 9.51. The van der Waals surface area contributed by atoms with E-state index in [0.717, 1.165) is 51.5 Å². The Kier molecular flexibility index (Phi) is 6.05. The number of hydrogen-bond donors (Lipinski definition) is 2. The molecule has 0 amide bonds.